The molecule has 1 aliphatic heterocycles. The lowest BCUT2D eigenvalue weighted by atomic mass is 10.2. The Morgan fingerprint density at radius 3 is 3.06 bits per heavy atom. The zero-order valence-corrected chi connectivity index (χ0v) is 10.3. The summed E-state index contributed by atoms with van der Waals surface area (Å²) in [5.74, 6) is -0.431. The maximum Gasteiger partial charge on any atom is 0.356 e. The Kier molecular flexibility index (Phi) is 3.81. The van der Waals surface area contributed by atoms with E-state index < -0.39 is 5.97 Å². The molecule has 0 spiro atoms. The van der Waals surface area contributed by atoms with E-state index in [4.69, 9.17) is 11.6 Å². The van der Waals surface area contributed by atoms with Crippen molar-refractivity contribution < 1.29 is 9.53 Å². The van der Waals surface area contributed by atoms with Crippen molar-refractivity contribution in [2.24, 2.45) is 0 Å². The molecule has 1 aliphatic rings. The van der Waals surface area contributed by atoms with Crippen LogP contribution >= 0.6 is 11.6 Å². The number of carbonyl (C=O) groups is 1. The van der Waals surface area contributed by atoms with Crippen LogP contribution in [0.5, 0.6) is 0 Å². The number of anilines is 1. The molecular weight excluding hydrogens is 242 g/mol. The van der Waals surface area contributed by atoms with E-state index >= 15 is 0 Å². The molecule has 1 atom stereocenters. The highest BCUT2D eigenvalue weighted by Crippen LogP contribution is 2.19. The maximum atomic E-state index is 11.2. The van der Waals surface area contributed by atoms with Crippen molar-refractivity contribution in [1.29, 1.82) is 0 Å². The minimum Gasteiger partial charge on any atom is -0.464 e. The number of esters is 1. The van der Waals surface area contributed by atoms with Gasteiger partial charge in [0.05, 0.1) is 19.0 Å². The van der Waals surface area contributed by atoms with E-state index in [1.54, 1.807) is 12.3 Å². The molecule has 2 rings (SSSR count). The first-order valence-corrected chi connectivity index (χ1v) is 5.82. The van der Waals surface area contributed by atoms with Crippen molar-refractivity contribution in [3.05, 3.63) is 24.0 Å². The third-order valence-electron chi connectivity index (χ3n) is 2.65. The molecule has 92 valence electrons. The molecule has 1 aromatic rings. The number of rotatable bonds is 2. The molecule has 5 nitrogen and oxygen atoms in total. The molecule has 0 aliphatic carbocycles. The number of nitrogens with one attached hydrogen (secondary N) is 1. The lowest BCUT2D eigenvalue weighted by Gasteiger charge is -2.33. The summed E-state index contributed by atoms with van der Waals surface area (Å²) in [7, 11) is 1.34. The topological polar surface area (TPSA) is 54.5 Å². The zero-order valence-electron chi connectivity index (χ0n) is 9.52. The lowest BCUT2D eigenvalue weighted by molar-refractivity contribution is 0.0594. The summed E-state index contributed by atoms with van der Waals surface area (Å²) in [5.41, 5.74) is 1.13. The number of pyridine rings is 1. The van der Waals surface area contributed by atoms with E-state index in [0.717, 1.165) is 25.3 Å². The van der Waals surface area contributed by atoms with Crippen molar-refractivity contribution in [1.82, 2.24) is 10.3 Å². The number of hydrogen-bond acceptors (Lipinski definition) is 5. The average Bonchev–Trinajstić information content (AvgIpc) is 2.39. The molecule has 2 heterocycles. The van der Waals surface area contributed by atoms with Crippen LogP contribution in [0.15, 0.2) is 18.3 Å². The van der Waals surface area contributed by atoms with Gasteiger partial charge in [0.25, 0.3) is 0 Å². The van der Waals surface area contributed by atoms with Crippen molar-refractivity contribution in [3.8, 4) is 0 Å². The molecule has 0 bridgehead atoms. The molecule has 0 amide bonds. The van der Waals surface area contributed by atoms with Gasteiger partial charge in [-0.05, 0) is 12.1 Å². The minimum absolute atomic E-state index is 0.0884. The van der Waals surface area contributed by atoms with Crippen LogP contribution in [0.2, 0.25) is 0 Å². The Morgan fingerprint density at radius 1 is 1.65 bits per heavy atom. The highest BCUT2D eigenvalue weighted by molar-refractivity contribution is 6.22. The van der Waals surface area contributed by atoms with Gasteiger partial charge in [-0.1, -0.05) is 11.6 Å². The van der Waals surface area contributed by atoms with Gasteiger partial charge in [-0.15, -0.1) is 0 Å². The van der Waals surface area contributed by atoms with E-state index in [9.17, 15) is 4.79 Å². The van der Waals surface area contributed by atoms with Crippen LogP contribution in [-0.4, -0.2) is 43.2 Å². The number of nitrogens with zero attached hydrogens (tertiary/aromatic N) is 2. The standard InChI is InChI=1S/C11H14ClN3O2/c1-17-11(16)9-3-2-8(6-14-9)15-5-4-13-7-10(15)12/h2-3,6,10,13H,4-5,7H2,1H3. The van der Waals surface area contributed by atoms with Gasteiger partial charge >= 0.3 is 5.97 Å². The van der Waals surface area contributed by atoms with Crippen LogP contribution in [0, 0.1) is 0 Å². The van der Waals surface area contributed by atoms with Crippen LogP contribution in [0.4, 0.5) is 5.69 Å². The number of alkyl halides is 1. The number of halogens is 1. The van der Waals surface area contributed by atoms with Crippen LogP contribution in [-0.2, 0) is 4.74 Å². The van der Waals surface area contributed by atoms with Gasteiger partial charge in [-0.25, -0.2) is 9.78 Å². The number of ether oxygens (including phenoxy) is 1. The second kappa shape index (κ2) is 5.33. The summed E-state index contributed by atoms with van der Waals surface area (Å²) >= 11 is 6.19. The second-order valence-corrected chi connectivity index (χ2v) is 4.23. The summed E-state index contributed by atoms with van der Waals surface area (Å²) in [6.07, 6.45) is 1.65. The highest BCUT2D eigenvalue weighted by Gasteiger charge is 2.20. The first kappa shape index (κ1) is 12.1. The molecule has 0 aromatic carbocycles. The van der Waals surface area contributed by atoms with Gasteiger partial charge in [0.2, 0.25) is 0 Å². The molecule has 6 heteroatoms. The van der Waals surface area contributed by atoms with Crippen LogP contribution in [0.1, 0.15) is 10.5 Å². The maximum absolute atomic E-state index is 11.2. The SMILES string of the molecule is COC(=O)c1ccc(N2CCNCC2Cl)cn1. The smallest absolute Gasteiger partial charge is 0.356 e. The first-order chi connectivity index (χ1) is 8.22. The highest BCUT2D eigenvalue weighted by atomic mass is 35.5. The lowest BCUT2D eigenvalue weighted by Crippen LogP contribution is -2.48. The Labute approximate surface area is 105 Å². The minimum atomic E-state index is -0.431. The zero-order chi connectivity index (χ0) is 12.3. The van der Waals surface area contributed by atoms with Crippen LogP contribution in [0.3, 0.4) is 0 Å². The molecule has 1 unspecified atom stereocenters. The number of methoxy groups -OCH3 is 1. The van der Waals surface area contributed by atoms with Gasteiger partial charge in [-0.2, -0.15) is 0 Å². The Bertz CT molecular complexity index is 396. The van der Waals surface area contributed by atoms with Gasteiger partial charge in [-0.3, -0.25) is 0 Å². The van der Waals surface area contributed by atoms with Gasteiger partial charge in [0.1, 0.15) is 11.2 Å². The van der Waals surface area contributed by atoms with Crippen molar-refractivity contribution >= 4 is 23.3 Å². The fourth-order valence-corrected chi connectivity index (χ4v) is 2.06. The molecule has 1 saturated heterocycles. The third-order valence-corrected chi connectivity index (χ3v) is 3.04. The summed E-state index contributed by atoms with van der Waals surface area (Å²) in [6.45, 7) is 2.45. The second-order valence-electron chi connectivity index (χ2n) is 3.73. The predicted octanol–water partition coefficient (Wildman–Crippen LogP) is 0.843. The van der Waals surface area contributed by atoms with Crippen molar-refractivity contribution in [2.75, 3.05) is 31.6 Å². The third kappa shape index (κ3) is 2.68. The van der Waals surface area contributed by atoms with E-state index in [-0.39, 0.29) is 5.50 Å². The molecule has 0 radical (unpaired) electrons. The van der Waals surface area contributed by atoms with Gasteiger partial charge in [0.15, 0.2) is 0 Å². The van der Waals surface area contributed by atoms with Crippen molar-refractivity contribution in [3.63, 3.8) is 0 Å². The van der Waals surface area contributed by atoms with Gasteiger partial charge < -0.3 is 15.0 Å². The van der Waals surface area contributed by atoms with E-state index in [2.05, 4.69) is 15.0 Å². The van der Waals surface area contributed by atoms with Crippen molar-refractivity contribution in [2.45, 2.75) is 5.50 Å². The monoisotopic (exact) mass is 255 g/mol. The van der Waals surface area contributed by atoms with E-state index in [0.29, 0.717) is 5.69 Å². The summed E-state index contributed by atoms with van der Waals surface area (Å²) in [4.78, 5) is 17.3. The quantitative estimate of drug-likeness (QED) is 0.482. The van der Waals surface area contributed by atoms with E-state index in [1.807, 2.05) is 11.0 Å². The molecule has 0 saturated carbocycles. The van der Waals surface area contributed by atoms with Crippen LogP contribution in [0.25, 0.3) is 0 Å². The molecule has 1 aromatic heterocycles. The normalized spacial score (nSPS) is 20.1. The summed E-state index contributed by atoms with van der Waals surface area (Å²) in [6, 6.07) is 3.48. The summed E-state index contributed by atoms with van der Waals surface area (Å²) < 4.78 is 4.59. The van der Waals surface area contributed by atoms with Crippen LogP contribution < -0.4 is 10.2 Å². The number of hydrogen-bond donors (Lipinski definition) is 1. The first-order valence-electron chi connectivity index (χ1n) is 5.38. The number of piperazine rings is 1. The largest absolute Gasteiger partial charge is 0.464 e. The molecule has 17 heavy (non-hydrogen) atoms. The predicted molar refractivity (Wildman–Crippen MR) is 65.4 cm³/mol. The average molecular weight is 256 g/mol. The molecule has 1 N–H and O–H groups in total. The Hall–Kier alpha value is -1.33. The fraction of sp³-hybridized carbons (Fsp3) is 0.455. The fourth-order valence-electron chi connectivity index (χ4n) is 1.74. The number of aromatic nitrogens is 1. The number of carbonyl (C=O) groups excluding carboxylic acids is 1. The Balaban J connectivity index is 2.14. The Morgan fingerprint density at radius 2 is 2.47 bits per heavy atom. The molecular formula is C11H14ClN3O2. The van der Waals surface area contributed by atoms with E-state index in [1.165, 1.54) is 7.11 Å². The molecule has 1 fully saturated rings. The van der Waals surface area contributed by atoms with Gasteiger partial charge in [0, 0.05) is 19.6 Å². The summed E-state index contributed by atoms with van der Waals surface area (Å²) in [5, 5.41) is 3.20.